The van der Waals surface area contributed by atoms with Gasteiger partial charge in [0.1, 0.15) is 5.82 Å². The lowest BCUT2D eigenvalue weighted by Crippen LogP contribution is -2.29. The Balaban J connectivity index is 1.75. The van der Waals surface area contributed by atoms with Gasteiger partial charge in [0, 0.05) is 45.1 Å². The van der Waals surface area contributed by atoms with E-state index in [1.165, 1.54) is 37.7 Å². The van der Waals surface area contributed by atoms with E-state index in [1.807, 2.05) is 17.7 Å². The first-order valence-corrected chi connectivity index (χ1v) is 12.6. The Morgan fingerprint density at radius 3 is 2.60 bits per heavy atom. The molecule has 5 rings (SSSR count). The summed E-state index contributed by atoms with van der Waals surface area (Å²) < 4.78 is 34.8. The summed E-state index contributed by atoms with van der Waals surface area (Å²) in [4.78, 5) is 12.8. The van der Waals surface area contributed by atoms with Gasteiger partial charge in [-0.25, -0.2) is 8.78 Å². The average Bonchev–Trinajstić information content (AvgIpc) is 3.45. The number of aliphatic carboxylic acids is 1. The molecule has 0 bridgehead atoms. The van der Waals surface area contributed by atoms with E-state index in [0.717, 1.165) is 23.4 Å². The van der Waals surface area contributed by atoms with Crippen LogP contribution in [-0.2, 0) is 16.8 Å². The van der Waals surface area contributed by atoms with Gasteiger partial charge >= 0.3 is 5.97 Å². The molecule has 1 N–H and O–H groups in total. The third-order valence-corrected chi connectivity index (χ3v) is 8.02. The van der Waals surface area contributed by atoms with Crippen LogP contribution in [-0.4, -0.2) is 25.4 Å². The van der Waals surface area contributed by atoms with Gasteiger partial charge in [-0.15, -0.1) is 0 Å². The van der Waals surface area contributed by atoms with Crippen LogP contribution >= 0.6 is 23.4 Å². The van der Waals surface area contributed by atoms with E-state index >= 15 is 8.78 Å². The second kappa shape index (κ2) is 8.68. The van der Waals surface area contributed by atoms with Crippen LogP contribution in [0, 0.1) is 11.6 Å². The van der Waals surface area contributed by atoms with Crippen molar-refractivity contribution < 1.29 is 18.7 Å². The summed E-state index contributed by atoms with van der Waals surface area (Å²) in [6, 6.07) is 8.06. The van der Waals surface area contributed by atoms with Crippen molar-refractivity contribution in [1.82, 2.24) is 14.3 Å². The highest BCUT2D eigenvalue weighted by Gasteiger charge is 2.36. The molecule has 0 radical (unpaired) electrons. The molecule has 2 aromatic heterocycles. The molecule has 0 atom stereocenters. The lowest BCUT2D eigenvalue weighted by Gasteiger charge is -2.21. The molecule has 182 valence electrons. The smallest absolute Gasteiger partial charge is 0.313 e. The number of benzene rings is 2. The van der Waals surface area contributed by atoms with Gasteiger partial charge in [-0.05, 0) is 51.8 Å². The van der Waals surface area contributed by atoms with Crippen LogP contribution in [0.5, 0.6) is 0 Å². The Kier molecular flexibility index (Phi) is 5.92. The van der Waals surface area contributed by atoms with Gasteiger partial charge < -0.3 is 9.67 Å². The average molecular weight is 516 g/mol. The normalized spacial score (nSPS) is 14.1. The number of rotatable bonds is 7. The van der Waals surface area contributed by atoms with E-state index in [1.54, 1.807) is 29.1 Å². The lowest BCUT2D eigenvalue weighted by atomic mass is 9.84. The van der Waals surface area contributed by atoms with Crippen molar-refractivity contribution in [1.29, 1.82) is 0 Å². The van der Waals surface area contributed by atoms with E-state index < -0.39 is 23.0 Å². The monoisotopic (exact) mass is 515 g/mol. The fourth-order valence-electron chi connectivity index (χ4n) is 4.34. The topological polar surface area (TPSA) is 60.0 Å². The highest BCUT2D eigenvalue weighted by molar-refractivity contribution is 7.99. The van der Waals surface area contributed by atoms with Crippen molar-refractivity contribution in [2.24, 2.45) is 0 Å². The summed E-state index contributed by atoms with van der Waals surface area (Å²) in [7, 11) is 0. The zero-order valence-corrected chi connectivity index (χ0v) is 21.1. The first kappa shape index (κ1) is 23.9. The van der Waals surface area contributed by atoms with Crippen molar-refractivity contribution in [2.45, 2.75) is 61.3 Å². The maximum absolute atomic E-state index is 15.7. The summed E-state index contributed by atoms with van der Waals surface area (Å²) in [5, 5.41) is 14.6. The zero-order chi connectivity index (χ0) is 25.1. The number of aromatic nitrogens is 3. The SMILES string of the molecule is CCn1cc(-n2c(C3CC3)c(Sc3cccc(C(C)(C)C(=O)O)c3F)c3ccc(Cl)c(F)c32)cn1. The van der Waals surface area contributed by atoms with Crippen molar-refractivity contribution in [3.05, 3.63) is 70.6 Å². The van der Waals surface area contributed by atoms with Gasteiger partial charge in [-0.3, -0.25) is 9.48 Å². The molecule has 0 amide bonds. The molecule has 1 saturated carbocycles. The Morgan fingerprint density at radius 2 is 1.97 bits per heavy atom. The molecule has 0 saturated heterocycles. The van der Waals surface area contributed by atoms with Crippen molar-refractivity contribution in [3.8, 4) is 5.69 Å². The highest BCUT2D eigenvalue weighted by Crippen LogP contribution is 2.52. The molecule has 1 fully saturated rings. The minimum absolute atomic E-state index is 0.00872. The first-order chi connectivity index (χ1) is 16.6. The molecule has 0 unspecified atom stereocenters. The van der Waals surface area contributed by atoms with Crippen LogP contribution in [0.1, 0.15) is 50.8 Å². The first-order valence-electron chi connectivity index (χ1n) is 11.4. The van der Waals surface area contributed by atoms with Gasteiger partial charge in [0.15, 0.2) is 5.82 Å². The molecule has 9 heteroatoms. The van der Waals surface area contributed by atoms with Crippen LogP contribution in [0.25, 0.3) is 16.6 Å². The molecule has 2 aromatic carbocycles. The number of carbonyl (C=O) groups is 1. The zero-order valence-electron chi connectivity index (χ0n) is 19.5. The van der Waals surface area contributed by atoms with Crippen LogP contribution < -0.4 is 0 Å². The second-order valence-corrected chi connectivity index (χ2v) is 10.7. The third-order valence-electron chi connectivity index (χ3n) is 6.56. The Morgan fingerprint density at radius 1 is 1.23 bits per heavy atom. The van der Waals surface area contributed by atoms with Crippen LogP contribution in [0.3, 0.4) is 0 Å². The predicted molar refractivity (Wildman–Crippen MR) is 133 cm³/mol. The van der Waals surface area contributed by atoms with Crippen LogP contribution in [0.2, 0.25) is 5.02 Å². The molecule has 35 heavy (non-hydrogen) atoms. The Labute approximate surface area is 210 Å². The van der Waals surface area contributed by atoms with E-state index in [-0.39, 0.29) is 21.4 Å². The molecule has 1 aliphatic rings. The number of halogens is 3. The fraction of sp³-hybridized carbons (Fsp3) is 0.308. The van der Waals surface area contributed by atoms with E-state index in [0.29, 0.717) is 23.1 Å². The van der Waals surface area contributed by atoms with E-state index in [2.05, 4.69) is 5.10 Å². The maximum atomic E-state index is 15.7. The van der Waals surface area contributed by atoms with Gasteiger partial charge in [-0.2, -0.15) is 5.10 Å². The Hall–Kier alpha value is -2.84. The van der Waals surface area contributed by atoms with Gasteiger partial charge in [-0.1, -0.05) is 35.5 Å². The summed E-state index contributed by atoms with van der Waals surface area (Å²) >= 11 is 7.39. The summed E-state index contributed by atoms with van der Waals surface area (Å²) in [5.41, 5.74) is 0.643. The maximum Gasteiger partial charge on any atom is 0.313 e. The fourth-order valence-corrected chi connectivity index (χ4v) is 5.70. The largest absolute Gasteiger partial charge is 0.481 e. The quantitative estimate of drug-likeness (QED) is 0.283. The number of nitrogens with zero attached hydrogens (tertiary/aromatic N) is 3. The van der Waals surface area contributed by atoms with E-state index in [9.17, 15) is 9.90 Å². The van der Waals surface area contributed by atoms with Gasteiger partial charge in [0.25, 0.3) is 0 Å². The number of hydrogen-bond donors (Lipinski definition) is 1. The minimum atomic E-state index is -1.40. The third kappa shape index (κ3) is 3.93. The lowest BCUT2D eigenvalue weighted by molar-refractivity contribution is -0.142. The predicted octanol–water partition coefficient (Wildman–Crippen LogP) is 7.17. The number of aryl methyl sites for hydroxylation is 1. The molecule has 1 aliphatic carbocycles. The number of hydrogen-bond acceptors (Lipinski definition) is 3. The number of carboxylic acid groups (broad SMARTS) is 1. The molecule has 2 heterocycles. The second-order valence-electron chi connectivity index (χ2n) is 9.29. The molecule has 5 nitrogen and oxygen atoms in total. The van der Waals surface area contributed by atoms with Crippen molar-refractivity contribution >= 4 is 40.2 Å². The van der Waals surface area contributed by atoms with Crippen LogP contribution in [0.4, 0.5) is 8.78 Å². The molecular formula is C26H24ClF2N3O2S. The Bertz CT molecular complexity index is 1470. The minimum Gasteiger partial charge on any atom is -0.481 e. The molecule has 4 aromatic rings. The standard InChI is InChI=1S/C26H24ClF2N3O2S/c1-4-31-13-15(12-30-31)32-22(14-8-9-14)24(16-10-11-18(27)21(29)23(16)32)35-19-7-5-6-17(20(19)28)26(2,3)25(33)34/h5-7,10-14H,4,8-9H2,1-3H3,(H,33,34). The molecule has 0 spiro atoms. The summed E-state index contributed by atoms with van der Waals surface area (Å²) in [5.74, 6) is -2.04. The van der Waals surface area contributed by atoms with Crippen molar-refractivity contribution in [2.75, 3.05) is 0 Å². The van der Waals surface area contributed by atoms with E-state index in [4.69, 9.17) is 11.6 Å². The molecular weight excluding hydrogens is 492 g/mol. The summed E-state index contributed by atoms with van der Waals surface area (Å²) in [6.07, 6.45) is 5.43. The number of fused-ring (bicyclic) bond motifs is 1. The molecule has 0 aliphatic heterocycles. The number of carboxylic acids is 1. The summed E-state index contributed by atoms with van der Waals surface area (Å²) in [6.45, 7) is 5.60. The van der Waals surface area contributed by atoms with Gasteiger partial charge in [0.05, 0.1) is 27.8 Å². The highest BCUT2D eigenvalue weighted by atomic mass is 35.5. The van der Waals surface area contributed by atoms with Gasteiger partial charge in [0.2, 0.25) is 0 Å². The van der Waals surface area contributed by atoms with Crippen LogP contribution in [0.15, 0.2) is 52.5 Å². The van der Waals surface area contributed by atoms with Crippen molar-refractivity contribution in [3.63, 3.8) is 0 Å².